The fourth-order valence-electron chi connectivity index (χ4n) is 2.02. The van der Waals surface area contributed by atoms with Crippen LogP contribution in [0.15, 0.2) is 42.5 Å². The van der Waals surface area contributed by atoms with Crippen LogP contribution >= 0.6 is 11.6 Å². The maximum atomic E-state index is 5.92. The van der Waals surface area contributed by atoms with Crippen molar-refractivity contribution in [3.8, 4) is 11.5 Å². The molecule has 0 radical (unpaired) electrons. The molecule has 22 heavy (non-hydrogen) atoms. The SMILES string of the molecule is CCCOc1ccc(NCCOc2ccc(Cl)cc2C)cc1. The number of rotatable bonds is 8. The van der Waals surface area contributed by atoms with Gasteiger partial charge in [-0.3, -0.25) is 0 Å². The Bertz CT molecular complexity index is 584. The van der Waals surface area contributed by atoms with Crippen molar-refractivity contribution in [2.75, 3.05) is 25.1 Å². The summed E-state index contributed by atoms with van der Waals surface area (Å²) >= 11 is 5.92. The summed E-state index contributed by atoms with van der Waals surface area (Å²) in [6.45, 7) is 6.16. The Morgan fingerprint density at radius 1 is 1.00 bits per heavy atom. The molecule has 1 N–H and O–H groups in total. The molecular formula is C18H22ClNO2. The van der Waals surface area contributed by atoms with Crippen molar-refractivity contribution in [3.63, 3.8) is 0 Å². The van der Waals surface area contributed by atoms with Crippen LogP contribution in [0.3, 0.4) is 0 Å². The number of hydrogen-bond donors (Lipinski definition) is 1. The van der Waals surface area contributed by atoms with Gasteiger partial charge in [0.05, 0.1) is 6.61 Å². The van der Waals surface area contributed by atoms with Crippen molar-refractivity contribution in [3.05, 3.63) is 53.1 Å². The lowest BCUT2D eigenvalue weighted by molar-refractivity contribution is 0.317. The van der Waals surface area contributed by atoms with Gasteiger partial charge in [-0.05, 0) is 61.4 Å². The van der Waals surface area contributed by atoms with Crippen LogP contribution in [0.5, 0.6) is 11.5 Å². The fraction of sp³-hybridized carbons (Fsp3) is 0.333. The molecule has 0 aliphatic rings. The Hall–Kier alpha value is -1.87. The lowest BCUT2D eigenvalue weighted by Crippen LogP contribution is -2.11. The van der Waals surface area contributed by atoms with Crippen LogP contribution in [-0.2, 0) is 0 Å². The summed E-state index contributed by atoms with van der Waals surface area (Å²) in [4.78, 5) is 0. The molecule has 0 bridgehead atoms. The van der Waals surface area contributed by atoms with Gasteiger partial charge in [0.15, 0.2) is 0 Å². The van der Waals surface area contributed by atoms with E-state index in [4.69, 9.17) is 21.1 Å². The number of benzene rings is 2. The first-order valence-electron chi connectivity index (χ1n) is 7.54. The molecule has 0 heterocycles. The third kappa shape index (κ3) is 5.15. The van der Waals surface area contributed by atoms with Crippen LogP contribution in [0.2, 0.25) is 5.02 Å². The van der Waals surface area contributed by atoms with E-state index in [0.717, 1.165) is 47.3 Å². The molecule has 0 amide bonds. The van der Waals surface area contributed by atoms with E-state index < -0.39 is 0 Å². The van der Waals surface area contributed by atoms with E-state index in [0.29, 0.717) is 6.61 Å². The maximum absolute atomic E-state index is 5.92. The summed E-state index contributed by atoms with van der Waals surface area (Å²) in [6.07, 6.45) is 1.02. The molecule has 0 aliphatic heterocycles. The average Bonchev–Trinajstić information content (AvgIpc) is 2.52. The van der Waals surface area contributed by atoms with Crippen molar-refractivity contribution in [2.24, 2.45) is 0 Å². The van der Waals surface area contributed by atoms with Crippen LogP contribution in [0.1, 0.15) is 18.9 Å². The predicted molar refractivity (Wildman–Crippen MR) is 92.4 cm³/mol. The fourth-order valence-corrected chi connectivity index (χ4v) is 2.25. The van der Waals surface area contributed by atoms with E-state index in [2.05, 4.69) is 12.2 Å². The van der Waals surface area contributed by atoms with Gasteiger partial charge in [-0.1, -0.05) is 18.5 Å². The van der Waals surface area contributed by atoms with Crippen molar-refractivity contribution < 1.29 is 9.47 Å². The molecule has 0 saturated carbocycles. The second-order valence-electron chi connectivity index (χ2n) is 5.06. The zero-order chi connectivity index (χ0) is 15.8. The summed E-state index contributed by atoms with van der Waals surface area (Å²) in [6, 6.07) is 13.6. The first-order chi connectivity index (χ1) is 10.7. The van der Waals surface area contributed by atoms with E-state index in [1.165, 1.54) is 0 Å². The Kier molecular flexibility index (Phi) is 6.41. The molecular weight excluding hydrogens is 298 g/mol. The molecule has 2 rings (SSSR count). The molecule has 0 unspecified atom stereocenters. The highest BCUT2D eigenvalue weighted by Crippen LogP contribution is 2.21. The molecule has 0 saturated heterocycles. The topological polar surface area (TPSA) is 30.5 Å². The van der Waals surface area contributed by atoms with Crippen LogP contribution < -0.4 is 14.8 Å². The second-order valence-corrected chi connectivity index (χ2v) is 5.49. The van der Waals surface area contributed by atoms with Gasteiger partial charge in [-0.2, -0.15) is 0 Å². The molecule has 118 valence electrons. The Morgan fingerprint density at radius 3 is 2.45 bits per heavy atom. The Balaban J connectivity index is 1.74. The Morgan fingerprint density at radius 2 is 1.77 bits per heavy atom. The first kappa shape index (κ1) is 16.5. The van der Waals surface area contributed by atoms with Crippen LogP contribution in [0, 0.1) is 6.92 Å². The minimum absolute atomic E-state index is 0.594. The van der Waals surface area contributed by atoms with Gasteiger partial charge in [-0.15, -0.1) is 0 Å². The van der Waals surface area contributed by atoms with Crippen molar-refractivity contribution in [2.45, 2.75) is 20.3 Å². The molecule has 2 aromatic carbocycles. The van der Waals surface area contributed by atoms with Crippen LogP contribution in [0.4, 0.5) is 5.69 Å². The standard InChI is InChI=1S/C18H22ClNO2/c1-3-11-21-17-7-5-16(6-8-17)20-10-12-22-18-9-4-15(19)13-14(18)2/h4-9,13,20H,3,10-12H2,1-2H3. The molecule has 0 fully saturated rings. The van der Waals surface area contributed by atoms with Gasteiger partial charge in [-0.25, -0.2) is 0 Å². The first-order valence-corrected chi connectivity index (χ1v) is 7.92. The minimum atomic E-state index is 0.594. The van der Waals surface area contributed by atoms with Gasteiger partial charge in [0, 0.05) is 17.3 Å². The third-order valence-electron chi connectivity index (χ3n) is 3.15. The number of aryl methyl sites for hydroxylation is 1. The third-order valence-corrected chi connectivity index (χ3v) is 3.39. The summed E-state index contributed by atoms with van der Waals surface area (Å²) in [5, 5.41) is 4.05. The lowest BCUT2D eigenvalue weighted by Gasteiger charge is -2.11. The van der Waals surface area contributed by atoms with Gasteiger partial charge >= 0.3 is 0 Å². The largest absolute Gasteiger partial charge is 0.494 e. The van der Waals surface area contributed by atoms with Crippen molar-refractivity contribution >= 4 is 17.3 Å². The number of ether oxygens (including phenoxy) is 2. The summed E-state index contributed by atoms with van der Waals surface area (Å²) in [5.74, 6) is 1.77. The summed E-state index contributed by atoms with van der Waals surface area (Å²) in [5.41, 5.74) is 2.10. The molecule has 0 atom stereocenters. The monoisotopic (exact) mass is 319 g/mol. The van der Waals surface area contributed by atoms with E-state index in [1.54, 1.807) is 0 Å². The Labute approximate surface area is 137 Å². The highest BCUT2D eigenvalue weighted by Gasteiger charge is 2.00. The van der Waals surface area contributed by atoms with E-state index >= 15 is 0 Å². The van der Waals surface area contributed by atoms with E-state index in [-0.39, 0.29) is 0 Å². The molecule has 0 aliphatic carbocycles. The molecule has 2 aromatic rings. The zero-order valence-electron chi connectivity index (χ0n) is 13.1. The second kappa shape index (κ2) is 8.54. The average molecular weight is 320 g/mol. The smallest absolute Gasteiger partial charge is 0.122 e. The number of hydrogen-bond acceptors (Lipinski definition) is 3. The van der Waals surface area contributed by atoms with E-state index in [9.17, 15) is 0 Å². The molecule has 3 nitrogen and oxygen atoms in total. The molecule has 4 heteroatoms. The quantitative estimate of drug-likeness (QED) is 0.700. The van der Waals surface area contributed by atoms with Crippen LogP contribution in [0.25, 0.3) is 0 Å². The van der Waals surface area contributed by atoms with E-state index in [1.807, 2.05) is 49.4 Å². The summed E-state index contributed by atoms with van der Waals surface area (Å²) in [7, 11) is 0. The van der Waals surface area contributed by atoms with Crippen molar-refractivity contribution in [1.29, 1.82) is 0 Å². The maximum Gasteiger partial charge on any atom is 0.122 e. The van der Waals surface area contributed by atoms with Crippen molar-refractivity contribution in [1.82, 2.24) is 0 Å². The van der Waals surface area contributed by atoms with Gasteiger partial charge in [0.25, 0.3) is 0 Å². The van der Waals surface area contributed by atoms with Gasteiger partial charge in [0.2, 0.25) is 0 Å². The van der Waals surface area contributed by atoms with Crippen LogP contribution in [-0.4, -0.2) is 19.8 Å². The molecule has 0 spiro atoms. The number of halogens is 1. The van der Waals surface area contributed by atoms with Gasteiger partial charge in [0.1, 0.15) is 18.1 Å². The highest BCUT2D eigenvalue weighted by atomic mass is 35.5. The molecule has 0 aromatic heterocycles. The predicted octanol–water partition coefficient (Wildman–Crippen LogP) is 4.93. The lowest BCUT2D eigenvalue weighted by atomic mass is 10.2. The highest BCUT2D eigenvalue weighted by molar-refractivity contribution is 6.30. The van der Waals surface area contributed by atoms with Gasteiger partial charge < -0.3 is 14.8 Å². The number of anilines is 1. The minimum Gasteiger partial charge on any atom is -0.494 e. The zero-order valence-corrected chi connectivity index (χ0v) is 13.8. The number of nitrogens with one attached hydrogen (secondary N) is 1. The normalized spacial score (nSPS) is 10.3. The summed E-state index contributed by atoms with van der Waals surface area (Å²) < 4.78 is 11.3.